The first-order valence-electron chi connectivity index (χ1n) is 49.0. The van der Waals surface area contributed by atoms with Crippen LogP contribution < -0.4 is 4.98 Å². The summed E-state index contributed by atoms with van der Waals surface area (Å²) in [6.45, 7) is 9.59. The monoisotopic (exact) mass is 1740 g/mol. The summed E-state index contributed by atoms with van der Waals surface area (Å²) in [4.78, 5) is 108. The van der Waals surface area contributed by atoms with Crippen molar-refractivity contribution in [1.82, 2.24) is 39.9 Å². The van der Waals surface area contributed by atoms with E-state index in [0.717, 1.165) is 116 Å². The average Bonchev–Trinajstić information content (AvgIpc) is 1.54. The van der Waals surface area contributed by atoms with Crippen LogP contribution in [0.3, 0.4) is 0 Å². The van der Waals surface area contributed by atoms with Crippen molar-refractivity contribution in [2.24, 2.45) is 0 Å². The third kappa shape index (κ3) is 25.9. The van der Waals surface area contributed by atoms with Gasteiger partial charge < -0.3 is 33.9 Å². The van der Waals surface area contributed by atoms with Crippen LogP contribution >= 0.6 is 0 Å². The number of fused-ring (bicyclic) bond motifs is 24. The minimum absolute atomic E-state index is 0.0130. The summed E-state index contributed by atoms with van der Waals surface area (Å²) in [7, 11) is 0. The first kappa shape index (κ1) is 95.5. The molecule has 2 aromatic heterocycles. The molecule has 0 saturated carbocycles. The van der Waals surface area contributed by atoms with Crippen molar-refractivity contribution in [3.05, 3.63) is 144 Å². The number of ether oxygens (including phenoxy) is 4. The number of benzene rings is 8. The molecule has 667 valence electrons. The Bertz CT molecular complexity index is 5440. The van der Waals surface area contributed by atoms with Crippen LogP contribution in [0.5, 0.6) is 0 Å². The van der Waals surface area contributed by atoms with Gasteiger partial charge in [-0.15, -0.1) is 0 Å². The van der Waals surface area contributed by atoms with Crippen molar-refractivity contribution in [2.75, 3.05) is 26.4 Å². The molecule has 8 bridgehead atoms. The van der Waals surface area contributed by atoms with Crippen molar-refractivity contribution in [2.45, 2.75) is 336 Å². The fraction of sp³-hybridized carbons (Fsp3) is 0.519. The summed E-state index contributed by atoms with van der Waals surface area (Å²) in [5.41, 5.74) is 3.41. The van der Waals surface area contributed by atoms with Crippen LogP contribution in [0.25, 0.3) is 133 Å². The van der Waals surface area contributed by atoms with Gasteiger partial charge in [0.25, 0.3) is 0 Å². The molecule has 10 aromatic rings. The predicted octanol–water partition coefficient (Wildman–Crippen LogP) is 30.1. The van der Waals surface area contributed by atoms with Crippen molar-refractivity contribution in [1.29, 1.82) is 0 Å². The number of carbonyl (C=O) groups excluding carboxylic acids is 4. The molecule has 0 saturated heterocycles. The van der Waals surface area contributed by atoms with Crippen LogP contribution in [0.1, 0.15) is 377 Å². The van der Waals surface area contributed by atoms with E-state index < -0.39 is 23.9 Å². The number of aromatic nitrogens is 8. The Morgan fingerprint density at radius 1 is 0.286 bits per heavy atom. The molecular formula is C108H136N8O9V. The van der Waals surface area contributed by atoms with Gasteiger partial charge in [-0.05, 0) is 98.1 Å². The first-order chi connectivity index (χ1) is 62.2. The third-order valence-electron chi connectivity index (χ3n) is 25.5. The second kappa shape index (κ2) is 52.0. The summed E-state index contributed by atoms with van der Waals surface area (Å²) in [5, 5.41) is 5.77. The van der Waals surface area contributed by atoms with Gasteiger partial charge in [-0.25, -0.2) is 24.4 Å². The van der Waals surface area contributed by atoms with Crippen LogP contribution in [0.4, 0.5) is 0 Å². The average molecular weight is 1740 g/mol. The molecule has 126 heavy (non-hydrogen) atoms. The summed E-state index contributed by atoms with van der Waals surface area (Å²) >= 11 is 1.06. The Labute approximate surface area is 757 Å². The molecular weight excluding hydrogens is 1600 g/mol. The normalized spacial score (nSPS) is 11.8. The van der Waals surface area contributed by atoms with E-state index in [4.69, 9.17) is 62.5 Å². The van der Waals surface area contributed by atoms with E-state index in [2.05, 4.69) is 52.0 Å². The minimum atomic E-state index is -0.647. The molecule has 13 rings (SSSR count). The Morgan fingerprint density at radius 2 is 0.563 bits per heavy atom. The van der Waals surface area contributed by atoms with E-state index in [1.165, 1.54) is 205 Å². The van der Waals surface area contributed by atoms with Gasteiger partial charge >= 0.3 is 44.9 Å². The van der Waals surface area contributed by atoms with E-state index in [0.29, 0.717) is 81.1 Å². The molecule has 0 spiro atoms. The van der Waals surface area contributed by atoms with E-state index in [1.54, 1.807) is 0 Å². The Kier molecular flexibility index (Phi) is 39.4. The van der Waals surface area contributed by atoms with Crippen LogP contribution in [-0.4, -0.2) is 85.2 Å². The van der Waals surface area contributed by atoms with E-state index in [9.17, 15) is 0 Å². The summed E-state index contributed by atoms with van der Waals surface area (Å²) < 4.78 is 34.2. The van der Waals surface area contributed by atoms with Crippen molar-refractivity contribution < 1.29 is 59.2 Å². The number of unbranched alkanes of at least 4 members (excludes halogenated alkanes) is 44. The fourth-order valence-corrected chi connectivity index (χ4v) is 18.5. The molecule has 0 radical (unpaired) electrons. The zero-order valence-electron chi connectivity index (χ0n) is 76.0. The van der Waals surface area contributed by atoms with Crippen LogP contribution in [-0.2, 0) is 40.0 Å². The van der Waals surface area contributed by atoms with Crippen molar-refractivity contribution >= 4 is 89.0 Å². The zero-order valence-corrected chi connectivity index (χ0v) is 77.4. The molecule has 18 heteroatoms. The van der Waals surface area contributed by atoms with Gasteiger partial charge in [-0.3, -0.25) is 19.7 Å². The Balaban J connectivity index is 0.00000717. The molecule has 17 nitrogen and oxygen atoms in total. The quantitative estimate of drug-likeness (QED) is 0.0149. The predicted molar refractivity (Wildman–Crippen MR) is 508 cm³/mol. The maximum absolute atomic E-state index is 16.0. The maximum atomic E-state index is 16.0. The van der Waals surface area contributed by atoms with Crippen molar-refractivity contribution in [3.63, 3.8) is 0 Å². The van der Waals surface area contributed by atoms with Gasteiger partial charge in [0.15, 0.2) is 5.82 Å². The van der Waals surface area contributed by atoms with Gasteiger partial charge in [0.05, 0.1) is 60.5 Å². The number of rotatable bonds is 56. The number of nitrogens with zero attached hydrogens (tertiary/aromatic N) is 8. The number of carbonyl (C=O) groups is 4. The zero-order chi connectivity index (χ0) is 87.9. The molecule has 0 N–H and O–H groups in total. The van der Waals surface area contributed by atoms with E-state index in [1.807, 2.05) is 97.1 Å². The first-order valence-corrected chi connectivity index (χ1v) is 49.6. The molecule has 8 aromatic carbocycles. The fourth-order valence-electron chi connectivity index (χ4n) is 18.5. The standard InChI is InChI=1S/C108H136N8O8.O.V/c1-5-9-13-17-21-25-29-33-37-41-45-57-69-121-105(117)89-81-65-53-55-67-83(81)91(107(119)123-71-59-47-43-39-35-31-27-23-19-15-11-7-3)95-93(89)101-112-99-87-75-79-63-51-49-61-77(79)73-85(87)97(110-99)109-98-86-74-78-62-50-52-64-80(78)76-88(86)100(111-98)113-102-94-90(106(118)122-70-58-46-42-38-34-30-26-22-18-14-10-6-2)82-66-54-56-68-84(82)92(96(94)104(115-102)116-103(95)114-101)108(120)124-72-60-48-44-40-36-32-28-24-20-16-12-8-4;;/h49-56,61-68,73-76H,5-48,57-60,69-72H2,1-4H3;;/q-2;;+2. The van der Waals surface area contributed by atoms with Crippen molar-refractivity contribution in [3.8, 4) is 68.3 Å². The SMILES string of the molecule is CCCCCCCCCCCCCCOC(=O)c1c2c(c(C(=O)OCCCCCCCCCCCCCC)c3ccccc13)-c1nc-2nc2n[c-](nc3nc(nc4nc([n-]1)-c1cc5ccccc5cc1-4)-c1cc4ccccc4cc1-3)c1c(C(=O)OCCCCCCCCCCCCCC)c3ccccc3c(C(=O)OCCCCCCCCCCCCCC)c21.[O]=[V+2]. The Morgan fingerprint density at radius 3 is 0.944 bits per heavy atom. The molecule has 3 aliphatic rings. The number of hydrogen-bond acceptors (Lipinski definition) is 16. The van der Waals surface area contributed by atoms with Gasteiger partial charge in [0, 0.05) is 45.0 Å². The van der Waals surface area contributed by atoms with Crippen LogP contribution in [0.2, 0.25) is 0 Å². The van der Waals surface area contributed by atoms with Gasteiger partial charge in [-0.1, -0.05) is 424 Å². The second-order valence-corrected chi connectivity index (χ2v) is 35.2. The molecule has 5 heterocycles. The number of hydrogen-bond donors (Lipinski definition) is 0. The second-order valence-electron chi connectivity index (χ2n) is 35.2. The molecule has 0 fully saturated rings. The summed E-state index contributed by atoms with van der Waals surface area (Å²) in [5.74, 6) is -1.50. The molecule has 0 aliphatic carbocycles. The van der Waals surface area contributed by atoms with Gasteiger partial charge in [-0.2, -0.15) is 0 Å². The molecule has 0 atom stereocenters. The van der Waals surface area contributed by atoms with E-state index >= 15 is 19.2 Å². The summed E-state index contributed by atoms with van der Waals surface area (Å²) in [6.07, 6.45) is 54.9. The molecule has 0 amide bonds. The topological polar surface area (TPSA) is 227 Å². The van der Waals surface area contributed by atoms with Crippen LogP contribution in [0, 0.1) is 0 Å². The Hall–Kier alpha value is -9.58. The molecule has 3 aliphatic heterocycles. The van der Waals surface area contributed by atoms with Gasteiger partial charge in [0.1, 0.15) is 5.82 Å². The van der Waals surface area contributed by atoms with Crippen LogP contribution in [0.15, 0.2) is 121 Å². The van der Waals surface area contributed by atoms with Gasteiger partial charge in [0.2, 0.25) is 0 Å². The summed E-state index contributed by atoms with van der Waals surface area (Å²) in [6, 6.07) is 39.2. The van der Waals surface area contributed by atoms with E-state index in [-0.39, 0.29) is 105 Å². The number of esters is 4. The third-order valence-corrected chi connectivity index (χ3v) is 25.5. The molecule has 0 unspecified atom stereocenters.